The number of rotatable bonds is 3. The summed E-state index contributed by atoms with van der Waals surface area (Å²) in [5.41, 5.74) is 1.09. The van der Waals surface area contributed by atoms with E-state index >= 15 is 0 Å². The summed E-state index contributed by atoms with van der Waals surface area (Å²) < 4.78 is 13.8. The molecule has 1 aliphatic rings. The van der Waals surface area contributed by atoms with Crippen molar-refractivity contribution in [2.75, 3.05) is 26.7 Å². The normalized spacial score (nSPS) is 17.2. The van der Waals surface area contributed by atoms with E-state index in [0.29, 0.717) is 0 Å². The van der Waals surface area contributed by atoms with Gasteiger partial charge in [0.15, 0.2) is 0 Å². The van der Waals surface area contributed by atoms with Crippen molar-refractivity contribution in [3.63, 3.8) is 0 Å². The largest absolute Gasteiger partial charge is 0.339 e. The lowest BCUT2D eigenvalue weighted by molar-refractivity contribution is 0.0642. The lowest BCUT2D eigenvalue weighted by Gasteiger charge is -2.36. The maximum absolute atomic E-state index is 13.8. The molecular weight excluding hydrogens is 255 g/mol. The first kappa shape index (κ1) is 15.0. The molecule has 0 atom stereocenters. The average molecular weight is 278 g/mol. The summed E-state index contributed by atoms with van der Waals surface area (Å²) in [6.07, 6.45) is 1.92. The quantitative estimate of drug-likeness (QED) is 0.848. The Balaban J connectivity index is 2.07. The van der Waals surface area contributed by atoms with Gasteiger partial charge in [-0.3, -0.25) is 4.79 Å². The maximum atomic E-state index is 13.8. The fraction of sp³-hybridized carbons (Fsp3) is 0.562. The van der Waals surface area contributed by atoms with Crippen LogP contribution >= 0.6 is 0 Å². The van der Waals surface area contributed by atoms with E-state index < -0.39 is 5.82 Å². The molecule has 1 aromatic rings. The number of benzene rings is 1. The molecule has 110 valence electrons. The van der Waals surface area contributed by atoms with Crippen LogP contribution in [0.4, 0.5) is 4.39 Å². The molecule has 1 saturated heterocycles. The topological polar surface area (TPSA) is 23.6 Å². The SMILES string of the molecule is CCN1CCC(N(C)C(=O)c2cc(C)ccc2F)CC1. The van der Waals surface area contributed by atoms with Gasteiger partial charge in [-0.2, -0.15) is 0 Å². The fourth-order valence-electron chi connectivity index (χ4n) is 2.78. The van der Waals surface area contributed by atoms with Gasteiger partial charge in [-0.15, -0.1) is 0 Å². The van der Waals surface area contributed by atoms with Crippen molar-refractivity contribution in [1.29, 1.82) is 0 Å². The van der Waals surface area contributed by atoms with E-state index in [1.54, 1.807) is 24.1 Å². The highest BCUT2D eigenvalue weighted by atomic mass is 19.1. The molecule has 0 bridgehead atoms. The number of nitrogens with zero attached hydrogens (tertiary/aromatic N) is 2. The van der Waals surface area contributed by atoms with Gasteiger partial charge in [-0.1, -0.05) is 18.6 Å². The van der Waals surface area contributed by atoms with Gasteiger partial charge in [-0.25, -0.2) is 4.39 Å². The number of carbonyl (C=O) groups is 1. The van der Waals surface area contributed by atoms with Crippen molar-refractivity contribution in [3.8, 4) is 0 Å². The first-order valence-corrected chi connectivity index (χ1v) is 7.28. The van der Waals surface area contributed by atoms with Gasteiger partial charge in [0.05, 0.1) is 5.56 Å². The van der Waals surface area contributed by atoms with E-state index in [2.05, 4.69) is 11.8 Å². The summed E-state index contributed by atoms with van der Waals surface area (Å²) in [5.74, 6) is -0.639. The van der Waals surface area contributed by atoms with E-state index in [-0.39, 0.29) is 17.5 Å². The third kappa shape index (κ3) is 3.18. The van der Waals surface area contributed by atoms with E-state index in [9.17, 15) is 9.18 Å². The Bertz CT molecular complexity index is 481. The van der Waals surface area contributed by atoms with Crippen molar-refractivity contribution in [2.45, 2.75) is 32.7 Å². The van der Waals surface area contributed by atoms with Gasteiger partial charge in [0.25, 0.3) is 5.91 Å². The number of aryl methyl sites for hydroxylation is 1. The zero-order valence-electron chi connectivity index (χ0n) is 12.5. The Labute approximate surface area is 120 Å². The molecule has 0 aliphatic carbocycles. The molecule has 0 aromatic heterocycles. The number of likely N-dealkylation sites (tertiary alicyclic amines) is 1. The van der Waals surface area contributed by atoms with Crippen LogP contribution in [0.1, 0.15) is 35.7 Å². The molecule has 0 saturated carbocycles. The monoisotopic (exact) mass is 278 g/mol. The third-order valence-electron chi connectivity index (χ3n) is 4.22. The molecule has 1 fully saturated rings. The van der Waals surface area contributed by atoms with Crippen LogP contribution in [0.5, 0.6) is 0 Å². The Kier molecular flexibility index (Phi) is 4.76. The standard InChI is InChI=1S/C16H23FN2O/c1-4-19-9-7-13(8-10-19)18(3)16(20)14-11-12(2)5-6-15(14)17/h5-6,11,13H,4,7-10H2,1-3H3. The number of hydrogen-bond donors (Lipinski definition) is 0. The lowest BCUT2D eigenvalue weighted by atomic mass is 10.0. The summed E-state index contributed by atoms with van der Waals surface area (Å²) in [4.78, 5) is 16.5. The summed E-state index contributed by atoms with van der Waals surface area (Å²) in [5, 5.41) is 0. The second kappa shape index (κ2) is 6.35. The maximum Gasteiger partial charge on any atom is 0.256 e. The molecule has 4 heteroatoms. The highest BCUT2D eigenvalue weighted by Gasteiger charge is 2.26. The molecule has 3 nitrogen and oxygen atoms in total. The van der Waals surface area contributed by atoms with Crippen LogP contribution < -0.4 is 0 Å². The summed E-state index contributed by atoms with van der Waals surface area (Å²) in [6.45, 7) is 7.09. The molecule has 0 unspecified atom stereocenters. The van der Waals surface area contributed by atoms with Crippen molar-refractivity contribution in [3.05, 3.63) is 35.1 Å². The van der Waals surface area contributed by atoms with Gasteiger partial charge >= 0.3 is 0 Å². The Morgan fingerprint density at radius 1 is 1.40 bits per heavy atom. The fourth-order valence-corrected chi connectivity index (χ4v) is 2.78. The van der Waals surface area contributed by atoms with Crippen molar-refractivity contribution < 1.29 is 9.18 Å². The van der Waals surface area contributed by atoms with Gasteiger partial charge in [0.2, 0.25) is 0 Å². The molecule has 0 N–H and O–H groups in total. The summed E-state index contributed by atoms with van der Waals surface area (Å²) in [7, 11) is 1.79. The molecule has 1 heterocycles. The molecule has 1 amide bonds. The number of hydrogen-bond acceptors (Lipinski definition) is 2. The summed E-state index contributed by atoms with van der Waals surface area (Å²) >= 11 is 0. The summed E-state index contributed by atoms with van der Waals surface area (Å²) in [6, 6.07) is 4.90. The number of halogens is 1. The van der Waals surface area contributed by atoms with Crippen molar-refractivity contribution in [2.24, 2.45) is 0 Å². The van der Waals surface area contributed by atoms with Crippen LogP contribution in [0.2, 0.25) is 0 Å². The van der Waals surface area contributed by atoms with Crippen LogP contribution in [0.25, 0.3) is 0 Å². The smallest absolute Gasteiger partial charge is 0.256 e. The predicted molar refractivity (Wildman–Crippen MR) is 78.4 cm³/mol. The van der Waals surface area contributed by atoms with E-state index in [1.807, 2.05) is 6.92 Å². The lowest BCUT2D eigenvalue weighted by Crippen LogP contribution is -2.45. The Morgan fingerprint density at radius 2 is 2.05 bits per heavy atom. The van der Waals surface area contributed by atoms with Crippen LogP contribution in [0.15, 0.2) is 18.2 Å². The number of amides is 1. The van der Waals surface area contributed by atoms with Gasteiger partial charge in [-0.05, 0) is 38.4 Å². The second-order valence-corrected chi connectivity index (χ2v) is 5.56. The van der Waals surface area contributed by atoms with Crippen LogP contribution in [0.3, 0.4) is 0 Å². The Hall–Kier alpha value is -1.42. The molecule has 20 heavy (non-hydrogen) atoms. The molecule has 0 spiro atoms. The molecule has 1 aliphatic heterocycles. The zero-order chi connectivity index (χ0) is 14.7. The molecule has 1 aromatic carbocycles. The van der Waals surface area contributed by atoms with E-state index in [0.717, 1.165) is 38.0 Å². The average Bonchev–Trinajstić information content (AvgIpc) is 2.48. The number of carbonyl (C=O) groups excluding carboxylic acids is 1. The van der Waals surface area contributed by atoms with Gasteiger partial charge in [0.1, 0.15) is 5.82 Å². The molecule has 2 rings (SSSR count). The number of piperidine rings is 1. The second-order valence-electron chi connectivity index (χ2n) is 5.56. The highest BCUT2D eigenvalue weighted by molar-refractivity contribution is 5.94. The van der Waals surface area contributed by atoms with Crippen molar-refractivity contribution >= 4 is 5.91 Å². The first-order chi connectivity index (χ1) is 9.52. The van der Waals surface area contributed by atoms with Crippen LogP contribution in [-0.2, 0) is 0 Å². The highest BCUT2D eigenvalue weighted by Crippen LogP contribution is 2.19. The van der Waals surface area contributed by atoms with E-state index in [4.69, 9.17) is 0 Å². The van der Waals surface area contributed by atoms with E-state index in [1.165, 1.54) is 6.07 Å². The van der Waals surface area contributed by atoms with Crippen LogP contribution in [0, 0.1) is 12.7 Å². The van der Waals surface area contributed by atoms with Gasteiger partial charge in [0, 0.05) is 26.2 Å². The zero-order valence-corrected chi connectivity index (χ0v) is 12.5. The Morgan fingerprint density at radius 3 is 2.65 bits per heavy atom. The predicted octanol–water partition coefficient (Wildman–Crippen LogP) is 2.69. The molecule has 0 radical (unpaired) electrons. The minimum absolute atomic E-state index is 0.186. The van der Waals surface area contributed by atoms with Gasteiger partial charge < -0.3 is 9.80 Å². The molecular formula is C16H23FN2O. The van der Waals surface area contributed by atoms with Crippen LogP contribution in [-0.4, -0.2) is 48.4 Å². The third-order valence-corrected chi connectivity index (χ3v) is 4.22. The first-order valence-electron chi connectivity index (χ1n) is 7.28. The minimum atomic E-state index is -0.432. The minimum Gasteiger partial charge on any atom is -0.339 e. The van der Waals surface area contributed by atoms with Crippen molar-refractivity contribution in [1.82, 2.24) is 9.80 Å².